The fourth-order valence-corrected chi connectivity index (χ4v) is 3.37. The Balaban J connectivity index is 1.95. The smallest absolute Gasteiger partial charge is 0.227 e. The van der Waals surface area contributed by atoms with Gasteiger partial charge >= 0.3 is 0 Å². The number of hydrogen-bond acceptors (Lipinski definition) is 1. The van der Waals surface area contributed by atoms with E-state index in [1.165, 1.54) is 0 Å². The molecule has 116 valence electrons. The zero-order chi connectivity index (χ0) is 15.6. The van der Waals surface area contributed by atoms with Crippen molar-refractivity contribution in [3.8, 4) is 0 Å². The van der Waals surface area contributed by atoms with Crippen LogP contribution in [0.25, 0.3) is 0 Å². The zero-order valence-electron chi connectivity index (χ0n) is 13.5. The van der Waals surface area contributed by atoms with E-state index in [-0.39, 0.29) is 11.8 Å². The molecule has 1 N–H and O–H groups in total. The highest BCUT2D eigenvalue weighted by atomic mass is 35.5. The summed E-state index contributed by atoms with van der Waals surface area (Å²) >= 11 is 6.10. The molecule has 0 spiro atoms. The average Bonchev–Trinajstić information content (AvgIpc) is 2.43. The highest BCUT2D eigenvalue weighted by molar-refractivity contribution is 6.31. The maximum atomic E-state index is 12.4. The number of nitrogens with one attached hydrogen (secondary N) is 1. The third-order valence-corrected chi connectivity index (χ3v) is 5.26. The predicted molar refractivity (Wildman–Crippen MR) is 89.7 cm³/mol. The van der Waals surface area contributed by atoms with Crippen LogP contribution in [-0.4, -0.2) is 5.91 Å². The lowest BCUT2D eigenvalue weighted by Crippen LogP contribution is -2.31. The molecule has 0 atom stereocenters. The normalized spacial score (nSPS) is 22.9. The molecule has 1 aliphatic carbocycles. The van der Waals surface area contributed by atoms with Gasteiger partial charge in [0.15, 0.2) is 0 Å². The Morgan fingerprint density at radius 2 is 1.81 bits per heavy atom. The maximum Gasteiger partial charge on any atom is 0.227 e. The molecule has 0 heterocycles. The predicted octanol–water partition coefficient (Wildman–Crippen LogP) is 5.44. The van der Waals surface area contributed by atoms with E-state index in [0.717, 1.165) is 42.9 Å². The number of benzene rings is 1. The van der Waals surface area contributed by atoms with Crippen LogP contribution in [-0.2, 0) is 4.79 Å². The van der Waals surface area contributed by atoms with E-state index >= 15 is 0 Å². The second-order valence-electron chi connectivity index (χ2n) is 7.32. The highest BCUT2D eigenvalue weighted by Crippen LogP contribution is 2.40. The molecule has 0 unspecified atom stereocenters. The summed E-state index contributed by atoms with van der Waals surface area (Å²) in [6, 6.07) is 5.64. The summed E-state index contributed by atoms with van der Waals surface area (Å²) < 4.78 is 0. The SMILES string of the molecule is Cc1c(Cl)cccc1NC(=O)C1CCC(C(C)(C)C)CC1. The van der Waals surface area contributed by atoms with E-state index in [9.17, 15) is 4.79 Å². The maximum absolute atomic E-state index is 12.4. The lowest BCUT2D eigenvalue weighted by Gasteiger charge is -2.36. The molecule has 0 aromatic heterocycles. The quantitative estimate of drug-likeness (QED) is 0.774. The molecular weight excluding hydrogens is 282 g/mol. The van der Waals surface area contributed by atoms with Gasteiger partial charge in [-0.1, -0.05) is 38.4 Å². The lowest BCUT2D eigenvalue weighted by molar-refractivity contribution is -0.121. The first-order valence-electron chi connectivity index (χ1n) is 7.85. The first kappa shape index (κ1) is 16.4. The van der Waals surface area contributed by atoms with Crippen LogP contribution in [0.1, 0.15) is 52.0 Å². The molecular formula is C18H26ClNO. The first-order chi connectivity index (χ1) is 9.79. The number of anilines is 1. The minimum absolute atomic E-state index is 0.141. The van der Waals surface area contributed by atoms with Crippen LogP contribution >= 0.6 is 11.6 Å². The van der Waals surface area contributed by atoms with E-state index < -0.39 is 0 Å². The van der Waals surface area contributed by atoms with E-state index in [1.54, 1.807) is 0 Å². The molecule has 0 saturated heterocycles. The third kappa shape index (κ3) is 4.00. The number of halogens is 1. The van der Waals surface area contributed by atoms with Crippen LogP contribution in [0, 0.1) is 24.2 Å². The summed E-state index contributed by atoms with van der Waals surface area (Å²) in [6.07, 6.45) is 4.28. The molecule has 3 heteroatoms. The Morgan fingerprint density at radius 1 is 1.19 bits per heavy atom. The minimum Gasteiger partial charge on any atom is -0.326 e. The summed E-state index contributed by atoms with van der Waals surface area (Å²) in [7, 11) is 0. The average molecular weight is 308 g/mol. The Morgan fingerprint density at radius 3 is 2.38 bits per heavy atom. The first-order valence-corrected chi connectivity index (χ1v) is 8.23. The number of hydrogen-bond donors (Lipinski definition) is 1. The van der Waals surface area contributed by atoms with Crippen molar-refractivity contribution in [3.05, 3.63) is 28.8 Å². The molecule has 2 rings (SSSR count). The van der Waals surface area contributed by atoms with Crippen molar-refractivity contribution in [2.24, 2.45) is 17.3 Å². The Labute approximate surface area is 133 Å². The van der Waals surface area contributed by atoms with Crippen LogP contribution in [0.4, 0.5) is 5.69 Å². The van der Waals surface area contributed by atoms with Gasteiger partial charge in [-0.25, -0.2) is 0 Å². The van der Waals surface area contributed by atoms with Gasteiger partial charge in [-0.05, 0) is 61.6 Å². The summed E-state index contributed by atoms with van der Waals surface area (Å²) in [5.41, 5.74) is 2.13. The second kappa shape index (κ2) is 6.39. The van der Waals surface area contributed by atoms with Gasteiger partial charge in [0, 0.05) is 16.6 Å². The van der Waals surface area contributed by atoms with Crippen molar-refractivity contribution in [1.82, 2.24) is 0 Å². The van der Waals surface area contributed by atoms with Crippen molar-refractivity contribution in [3.63, 3.8) is 0 Å². The van der Waals surface area contributed by atoms with E-state index in [0.29, 0.717) is 10.4 Å². The molecule has 0 aliphatic heterocycles. The monoisotopic (exact) mass is 307 g/mol. The van der Waals surface area contributed by atoms with Crippen molar-refractivity contribution < 1.29 is 4.79 Å². The lowest BCUT2D eigenvalue weighted by atomic mass is 9.69. The summed E-state index contributed by atoms with van der Waals surface area (Å²) in [5.74, 6) is 1.02. The zero-order valence-corrected chi connectivity index (χ0v) is 14.3. The molecule has 1 fully saturated rings. The second-order valence-corrected chi connectivity index (χ2v) is 7.72. The van der Waals surface area contributed by atoms with Crippen LogP contribution in [0.3, 0.4) is 0 Å². The topological polar surface area (TPSA) is 29.1 Å². The van der Waals surface area contributed by atoms with Gasteiger partial charge in [0.2, 0.25) is 5.91 Å². The largest absolute Gasteiger partial charge is 0.326 e. The van der Waals surface area contributed by atoms with Crippen molar-refractivity contribution >= 4 is 23.2 Å². The Bertz CT molecular complexity index is 510. The summed E-state index contributed by atoms with van der Waals surface area (Å²) in [4.78, 5) is 12.4. The molecule has 1 aromatic rings. The van der Waals surface area contributed by atoms with Gasteiger partial charge in [0.05, 0.1) is 0 Å². The van der Waals surface area contributed by atoms with Crippen molar-refractivity contribution in [2.75, 3.05) is 5.32 Å². The van der Waals surface area contributed by atoms with Gasteiger partial charge in [-0.15, -0.1) is 0 Å². The molecule has 1 amide bonds. The number of amides is 1. The molecule has 1 aromatic carbocycles. The van der Waals surface area contributed by atoms with Gasteiger partial charge in [-0.3, -0.25) is 4.79 Å². The van der Waals surface area contributed by atoms with Gasteiger partial charge in [0.1, 0.15) is 0 Å². The van der Waals surface area contributed by atoms with Gasteiger partial charge in [-0.2, -0.15) is 0 Å². The van der Waals surface area contributed by atoms with Crippen LogP contribution in [0.2, 0.25) is 5.02 Å². The molecule has 2 nitrogen and oxygen atoms in total. The van der Waals surface area contributed by atoms with E-state index in [1.807, 2.05) is 25.1 Å². The van der Waals surface area contributed by atoms with Crippen LogP contribution in [0.15, 0.2) is 18.2 Å². The fraction of sp³-hybridized carbons (Fsp3) is 0.611. The standard InChI is InChI=1S/C18H26ClNO/c1-12-15(19)6-5-7-16(12)20-17(21)13-8-10-14(11-9-13)18(2,3)4/h5-7,13-14H,8-11H2,1-4H3,(H,20,21). The molecule has 0 bridgehead atoms. The molecule has 21 heavy (non-hydrogen) atoms. The fourth-order valence-electron chi connectivity index (χ4n) is 3.20. The number of rotatable bonds is 2. The van der Waals surface area contributed by atoms with Gasteiger partial charge in [0.25, 0.3) is 0 Å². The van der Waals surface area contributed by atoms with Crippen molar-refractivity contribution in [2.45, 2.75) is 53.4 Å². The molecule has 1 saturated carbocycles. The number of carbonyl (C=O) groups excluding carboxylic acids is 1. The summed E-state index contributed by atoms with van der Waals surface area (Å²) in [6.45, 7) is 8.84. The van der Waals surface area contributed by atoms with E-state index in [2.05, 4.69) is 26.1 Å². The summed E-state index contributed by atoms with van der Waals surface area (Å²) in [5, 5.41) is 3.75. The minimum atomic E-state index is 0.141. The molecule has 1 aliphatic rings. The van der Waals surface area contributed by atoms with E-state index in [4.69, 9.17) is 11.6 Å². The van der Waals surface area contributed by atoms with Crippen molar-refractivity contribution in [1.29, 1.82) is 0 Å². The Kier molecular flexibility index (Phi) is 4.98. The van der Waals surface area contributed by atoms with Crippen LogP contribution < -0.4 is 5.32 Å². The Hall–Kier alpha value is -1.02. The highest BCUT2D eigenvalue weighted by Gasteiger charge is 2.32. The van der Waals surface area contributed by atoms with Gasteiger partial charge < -0.3 is 5.32 Å². The third-order valence-electron chi connectivity index (χ3n) is 4.85. The van der Waals surface area contributed by atoms with Crippen LogP contribution in [0.5, 0.6) is 0 Å². The number of carbonyl (C=O) groups is 1. The molecule has 0 radical (unpaired) electrons.